The van der Waals surface area contributed by atoms with Crippen molar-refractivity contribution in [2.24, 2.45) is 0 Å². The maximum absolute atomic E-state index is 12.9. The highest BCUT2D eigenvalue weighted by Crippen LogP contribution is 2.44. The van der Waals surface area contributed by atoms with E-state index in [0.717, 1.165) is 6.07 Å². The first-order valence-corrected chi connectivity index (χ1v) is 4.08. The maximum Gasteiger partial charge on any atom is 0.458 e. The van der Waals surface area contributed by atoms with E-state index >= 15 is 0 Å². The number of benzene rings is 1. The van der Waals surface area contributed by atoms with E-state index in [9.17, 15) is 22.0 Å². The summed E-state index contributed by atoms with van der Waals surface area (Å²) in [6, 6.07) is 2.14. The molecule has 0 heterocycles. The molecule has 1 aromatic carbocycles. The summed E-state index contributed by atoms with van der Waals surface area (Å²) >= 11 is 0. The summed E-state index contributed by atoms with van der Waals surface area (Å²) in [5.41, 5.74) is 3.76. The number of halogens is 5. The number of hydrogen-bond donors (Lipinski definition) is 1. The molecule has 0 bridgehead atoms. The Bertz CT molecular complexity index is 388. The first kappa shape index (κ1) is 12.5. The molecule has 0 spiro atoms. The summed E-state index contributed by atoms with van der Waals surface area (Å²) in [4.78, 5) is 0. The van der Waals surface area contributed by atoms with Crippen LogP contribution in [-0.4, -0.2) is 13.3 Å². The third kappa shape index (κ3) is 2.02. The van der Waals surface area contributed by atoms with Crippen molar-refractivity contribution in [3.63, 3.8) is 0 Å². The van der Waals surface area contributed by atoms with E-state index in [4.69, 9.17) is 5.73 Å². The van der Waals surface area contributed by atoms with Crippen LogP contribution in [0.4, 0.5) is 27.6 Å². The third-order valence-electron chi connectivity index (χ3n) is 1.95. The van der Waals surface area contributed by atoms with E-state index in [1.165, 1.54) is 7.11 Å². The minimum Gasteiger partial charge on any atom is -0.495 e. The molecule has 0 fully saturated rings. The molecule has 0 aliphatic heterocycles. The second-order valence-corrected chi connectivity index (χ2v) is 3.03. The molecule has 1 aromatic rings. The van der Waals surface area contributed by atoms with Gasteiger partial charge in [-0.1, -0.05) is 0 Å². The summed E-state index contributed by atoms with van der Waals surface area (Å²) < 4.78 is 66.4. The van der Waals surface area contributed by atoms with Gasteiger partial charge in [0, 0.05) is 5.56 Å². The highest BCUT2D eigenvalue weighted by atomic mass is 19.4. The molecular formula is C9H8F5NO. The van der Waals surface area contributed by atoms with E-state index in [1.54, 1.807) is 0 Å². The monoisotopic (exact) mass is 241 g/mol. The highest BCUT2D eigenvalue weighted by molar-refractivity contribution is 5.55. The van der Waals surface area contributed by atoms with Crippen LogP contribution in [0.3, 0.4) is 0 Å². The summed E-state index contributed by atoms with van der Waals surface area (Å²) in [5.74, 6) is -4.88. The molecule has 1 rings (SSSR count). The van der Waals surface area contributed by atoms with Crippen LogP contribution in [0, 0.1) is 0 Å². The number of alkyl halides is 5. The average Bonchev–Trinajstić information content (AvgIpc) is 2.15. The number of methoxy groups -OCH3 is 1. The summed E-state index contributed by atoms with van der Waals surface area (Å²) in [5, 5.41) is 0. The van der Waals surface area contributed by atoms with Crippen molar-refractivity contribution < 1.29 is 26.7 Å². The van der Waals surface area contributed by atoms with Gasteiger partial charge in [-0.15, -0.1) is 0 Å². The Kier molecular flexibility index (Phi) is 2.98. The summed E-state index contributed by atoms with van der Waals surface area (Å²) in [6.07, 6.45) is -5.64. The Morgan fingerprint density at radius 2 is 1.69 bits per heavy atom. The van der Waals surface area contributed by atoms with Crippen LogP contribution in [-0.2, 0) is 5.92 Å². The van der Waals surface area contributed by atoms with E-state index in [-0.39, 0.29) is 11.4 Å². The van der Waals surface area contributed by atoms with Gasteiger partial charge in [0.2, 0.25) is 0 Å². The maximum atomic E-state index is 12.9. The van der Waals surface area contributed by atoms with Crippen molar-refractivity contribution in [3.8, 4) is 5.75 Å². The molecule has 2 nitrogen and oxygen atoms in total. The van der Waals surface area contributed by atoms with Crippen molar-refractivity contribution >= 4 is 5.69 Å². The van der Waals surface area contributed by atoms with Gasteiger partial charge in [0.05, 0.1) is 12.8 Å². The standard InChI is InChI=1S/C9H8F5NO/c1-16-7-3-2-5(4-6(7)15)8(10,11)9(12,13)14/h2-4H,15H2,1H3. The van der Waals surface area contributed by atoms with Crippen LogP contribution < -0.4 is 10.5 Å². The molecule has 0 saturated heterocycles. The van der Waals surface area contributed by atoms with Gasteiger partial charge in [-0.2, -0.15) is 22.0 Å². The van der Waals surface area contributed by atoms with Crippen molar-refractivity contribution in [2.75, 3.05) is 12.8 Å². The molecule has 2 N–H and O–H groups in total. The minimum absolute atomic E-state index is 0.0433. The summed E-state index contributed by atoms with van der Waals surface area (Å²) in [7, 11) is 1.23. The lowest BCUT2D eigenvalue weighted by Gasteiger charge is -2.20. The second-order valence-electron chi connectivity index (χ2n) is 3.03. The van der Waals surface area contributed by atoms with Gasteiger partial charge in [-0.3, -0.25) is 0 Å². The molecule has 0 radical (unpaired) electrons. The number of hydrogen-bond acceptors (Lipinski definition) is 2. The van der Waals surface area contributed by atoms with Crippen molar-refractivity contribution in [1.29, 1.82) is 0 Å². The largest absolute Gasteiger partial charge is 0.495 e. The lowest BCUT2D eigenvalue weighted by Crippen LogP contribution is -2.33. The molecule has 0 aliphatic carbocycles. The number of nitrogen functional groups attached to an aromatic ring is 1. The van der Waals surface area contributed by atoms with Gasteiger partial charge in [0.15, 0.2) is 0 Å². The van der Waals surface area contributed by atoms with Crippen LogP contribution in [0.5, 0.6) is 5.75 Å². The fraction of sp³-hybridized carbons (Fsp3) is 0.333. The van der Waals surface area contributed by atoms with Crippen molar-refractivity contribution in [3.05, 3.63) is 23.8 Å². The number of rotatable bonds is 2. The molecule has 7 heteroatoms. The fourth-order valence-electron chi connectivity index (χ4n) is 1.09. The van der Waals surface area contributed by atoms with E-state index < -0.39 is 17.7 Å². The molecule has 0 aliphatic rings. The molecule has 0 unspecified atom stereocenters. The molecule has 0 saturated carbocycles. The first-order valence-electron chi connectivity index (χ1n) is 4.08. The molecule has 0 amide bonds. The number of ether oxygens (including phenoxy) is 1. The van der Waals surface area contributed by atoms with Gasteiger partial charge >= 0.3 is 12.1 Å². The van der Waals surface area contributed by atoms with E-state index in [2.05, 4.69) is 4.74 Å². The lowest BCUT2D eigenvalue weighted by molar-refractivity contribution is -0.289. The highest BCUT2D eigenvalue weighted by Gasteiger charge is 2.58. The van der Waals surface area contributed by atoms with Crippen molar-refractivity contribution in [1.82, 2.24) is 0 Å². The molecule has 0 atom stereocenters. The van der Waals surface area contributed by atoms with Crippen LogP contribution in [0.2, 0.25) is 0 Å². The van der Waals surface area contributed by atoms with Crippen LogP contribution in [0.1, 0.15) is 5.56 Å². The predicted octanol–water partition coefficient (Wildman–Crippen LogP) is 2.93. The lowest BCUT2D eigenvalue weighted by atomic mass is 10.1. The quantitative estimate of drug-likeness (QED) is 0.638. The van der Waals surface area contributed by atoms with E-state index in [0.29, 0.717) is 12.1 Å². The molecule has 16 heavy (non-hydrogen) atoms. The Morgan fingerprint density at radius 1 is 1.12 bits per heavy atom. The van der Waals surface area contributed by atoms with Gasteiger partial charge < -0.3 is 10.5 Å². The normalized spacial score (nSPS) is 12.6. The van der Waals surface area contributed by atoms with Crippen LogP contribution in [0.25, 0.3) is 0 Å². The molecular weight excluding hydrogens is 233 g/mol. The Labute approximate surface area is 87.8 Å². The number of anilines is 1. The van der Waals surface area contributed by atoms with Crippen LogP contribution in [0.15, 0.2) is 18.2 Å². The van der Waals surface area contributed by atoms with Gasteiger partial charge in [-0.25, -0.2) is 0 Å². The zero-order chi connectivity index (χ0) is 12.6. The van der Waals surface area contributed by atoms with Gasteiger partial charge in [0.1, 0.15) is 5.75 Å². The van der Waals surface area contributed by atoms with E-state index in [1.807, 2.05) is 0 Å². The van der Waals surface area contributed by atoms with Gasteiger partial charge in [-0.05, 0) is 18.2 Å². The zero-order valence-electron chi connectivity index (χ0n) is 8.11. The smallest absolute Gasteiger partial charge is 0.458 e. The fourth-order valence-corrected chi connectivity index (χ4v) is 1.09. The topological polar surface area (TPSA) is 35.2 Å². The second kappa shape index (κ2) is 3.80. The average molecular weight is 241 g/mol. The third-order valence-corrected chi connectivity index (χ3v) is 1.95. The van der Waals surface area contributed by atoms with Gasteiger partial charge in [0.25, 0.3) is 0 Å². The zero-order valence-corrected chi connectivity index (χ0v) is 8.11. The first-order chi connectivity index (χ1) is 7.20. The molecule has 90 valence electrons. The molecule has 0 aromatic heterocycles. The Balaban J connectivity index is 3.20. The Morgan fingerprint density at radius 3 is 2.06 bits per heavy atom. The SMILES string of the molecule is COc1ccc(C(F)(F)C(F)(F)F)cc1N. The minimum atomic E-state index is -5.64. The summed E-state index contributed by atoms with van der Waals surface area (Å²) in [6.45, 7) is 0. The van der Waals surface area contributed by atoms with Crippen molar-refractivity contribution in [2.45, 2.75) is 12.1 Å². The Hall–Kier alpha value is -1.53. The predicted molar refractivity (Wildman–Crippen MR) is 47.4 cm³/mol. The van der Waals surface area contributed by atoms with Crippen LogP contribution >= 0.6 is 0 Å². The number of nitrogens with two attached hydrogens (primary N) is 1.